The number of fused-ring (bicyclic) bond motifs is 1. The third kappa shape index (κ3) is 2.41. The van der Waals surface area contributed by atoms with E-state index >= 15 is 0 Å². The molecule has 6 heteroatoms. The lowest BCUT2D eigenvalue weighted by molar-refractivity contribution is 0.355. The Morgan fingerprint density at radius 2 is 2.32 bits per heavy atom. The van der Waals surface area contributed by atoms with Crippen molar-refractivity contribution in [2.24, 2.45) is 0 Å². The fourth-order valence-electron chi connectivity index (χ4n) is 2.52. The molecule has 2 aromatic heterocycles. The van der Waals surface area contributed by atoms with E-state index < -0.39 is 0 Å². The third-order valence-corrected chi connectivity index (χ3v) is 3.66. The van der Waals surface area contributed by atoms with E-state index in [0.29, 0.717) is 11.9 Å². The van der Waals surface area contributed by atoms with Crippen molar-refractivity contribution >= 4 is 11.2 Å². The van der Waals surface area contributed by atoms with Gasteiger partial charge in [0.2, 0.25) is 5.88 Å². The minimum atomic E-state index is 0.320. The largest absolute Gasteiger partial charge is 0.480 e. The van der Waals surface area contributed by atoms with Crippen LogP contribution in [0.1, 0.15) is 18.0 Å². The topological polar surface area (TPSA) is 66.1 Å². The molecule has 0 saturated carbocycles. The van der Waals surface area contributed by atoms with Gasteiger partial charge in [-0.3, -0.25) is 0 Å². The maximum atomic E-state index is 5.16. The van der Waals surface area contributed by atoms with Crippen molar-refractivity contribution in [1.82, 2.24) is 25.2 Å². The number of hydrogen-bond donors (Lipinski definition) is 2. The molecule has 2 aromatic rings. The van der Waals surface area contributed by atoms with Gasteiger partial charge < -0.3 is 19.9 Å². The number of hydrogen-bond acceptors (Lipinski definition) is 5. The molecule has 0 radical (unpaired) electrons. The Hall–Kier alpha value is -1.66. The SMILES string of the molecule is COc1cnc2[nH]cc(C3CCN(C)CCN3)c2n1. The molecule has 102 valence electrons. The summed E-state index contributed by atoms with van der Waals surface area (Å²) in [5.41, 5.74) is 2.90. The number of rotatable bonds is 2. The van der Waals surface area contributed by atoms with Crippen molar-refractivity contribution in [3.8, 4) is 5.88 Å². The second kappa shape index (κ2) is 5.14. The fraction of sp³-hybridized carbons (Fsp3) is 0.538. The lowest BCUT2D eigenvalue weighted by Gasteiger charge is -2.14. The summed E-state index contributed by atoms with van der Waals surface area (Å²) < 4.78 is 5.16. The van der Waals surface area contributed by atoms with Crippen LogP contribution in [-0.4, -0.2) is 53.6 Å². The summed E-state index contributed by atoms with van der Waals surface area (Å²) in [7, 11) is 3.77. The van der Waals surface area contributed by atoms with E-state index in [1.807, 2.05) is 6.20 Å². The van der Waals surface area contributed by atoms with E-state index in [4.69, 9.17) is 4.74 Å². The highest BCUT2D eigenvalue weighted by Crippen LogP contribution is 2.26. The standard InChI is InChI=1S/C13H19N5O/c1-18-5-3-10(14-4-6-18)9-7-15-13-12(9)17-11(19-2)8-16-13/h7-8,10,14H,3-6H2,1-2H3,(H,15,16). The molecule has 19 heavy (non-hydrogen) atoms. The van der Waals surface area contributed by atoms with Gasteiger partial charge in [0.25, 0.3) is 0 Å². The summed E-state index contributed by atoms with van der Waals surface area (Å²) >= 11 is 0. The zero-order chi connectivity index (χ0) is 13.2. The van der Waals surface area contributed by atoms with Gasteiger partial charge in [0, 0.05) is 30.9 Å². The van der Waals surface area contributed by atoms with Crippen molar-refractivity contribution in [1.29, 1.82) is 0 Å². The molecule has 0 aromatic carbocycles. The first kappa shape index (κ1) is 12.4. The van der Waals surface area contributed by atoms with Gasteiger partial charge in [-0.2, -0.15) is 0 Å². The van der Waals surface area contributed by atoms with Gasteiger partial charge >= 0.3 is 0 Å². The minimum absolute atomic E-state index is 0.320. The Bertz CT molecular complexity index is 567. The van der Waals surface area contributed by atoms with Crippen LogP contribution in [0.3, 0.4) is 0 Å². The summed E-state index contributed by atoms with van der Waals surface area (Å²) in [6, 6.07) is 0.320. The number of H-pyrrole nitrogens is 1. The molecule has 0 aliphatic carbocycles. The smallest absolute Gasteiger partial charge is 0.232 e. The molecular formula is C13H19N5O. The predicted molar refractivity (Wildman–Crippen MR) is 73.3 cm³/mol. The number of likely N-dealkylation sites (N-methyl/N-ethyl adjacent to an activating group) is 1. The molecule has 0 bridgehead atoms. The summed E-state index contributed by atoms with van der Waals surface area (Å²) in [5, 5.41) is 3.57. The zero-order valence-corrected chi connectivity index (χ0v) is 11.3. The lowest BCUT2D eigenvalue weighted by atomic mass is 10.1. The van der Waals surface area contributed by atoms with Crippen molar-refractivity contribution in [2.45, 2.75) is 12.5 Å². The van der Waals surface area contributed by atoms with E-state index in [1.54, 1.807) is 13.3 Å². The van der Waals surface area contributed by atoms with Crippen LogP contribution in [0.2, 0.25) is 0 Å². The van der Waals surface area contributed by atoms with E-state index in [2.05, 4.69) is 32.2 Å². The van der Waals surface area contributed by atoms with Crippen LogP contribution < -0.4 is 10.1 Å². The summed E-state index contributed by atoms with van der Waals surface area (Å²) in [5.74, 6) is 0.555. The normalized spacial score (nSPS) is 21.5. The van der Waals surface area contributed by atoms with Gasteiger partial charge in [0.1, 0.15) is 5.52 Å². The number of nitrogens with one attached hydrogen (secondary N) is 2. The number of methoxy groups -OCH3 is 1. The Morgan fingerprint density at radius 1 is 1.42 bits per heavy atom. The predicted octanol–water partition coefficient (Wildman–Crippen LogP) is 0.933. The number of aromatic nitrogens is 3. The monoisotopic (exact) mass is 261 g/mol. The van der Waals surface area contributed by atoms with Gasteiger partial charge in [-0.15, -0.1) is 0 Å². The molecule has 1 saturated heterocycles. The Morgan fingerprint density at radius 3 is 3.16 bits per heavy atom. The summed E-state index contributed by atoms with van der Waals surface area (Å²) in [6.07, 6.45) is 4.71. The third-order valence-electron chi connectivity index (χ3n) is 3.66. The highest BCUT2D eigenvalue weighted by atomic mass is 16.5. The maximum Gasteiger partial charge on any atom is 0.232 e. The van der Waals surface area contributed by atoms with Crippen LogP contribution in [-0.2, 0) is 0 Å². The maximum absolute atomic E-state index is 5.16. The Balaban J connectivity index is 1.95. The first-order valence-electron chi connectivity index (χ1n) is 6.58. The number of nitrogens with zero attached hydrogens (tertiary/aromatic N) is 3. The quantitative estimate of drug-likeness (QED) is 0.842. The van der Waals surface area contributed by atoms with Crippen molar-refractivity contribution in [2.75, 3.05) is 33.8 Å². The molecule has 0 spiro atoms. The van der Waals surface area contributed by atoms with E-state index in [-0.39, 0.29) is 0 Å². The zero-order valence-electron chi connectivity index (χ0n) is 11.3. The van der Waals surface area contributed by atoms with Crippen LogP contribution in [0.15, 0.2) is 12.4 Å². The van der Waals surface area contributed by atoms with Gasteiger partial charge in [-0.05, 0) is 20.0 Å². The summed E-state index contributed by atoms with van der Waals surface area (Å²) in [6.45, 7) is 3.15. The van der Waals surface area contributed by atoms with Crippen LogP contribution in [0.5, 0.6) is 5.88 Å². The van der Waals surface area contributed by atoms with Gasteiger partial charge in [0.15, 0.2) is 5.65 Å². The molecule has 3 heterocycles. The number of ether oxygens (including phenoxy) is 1. The van der Waals surface area contributed by atoms with Gasteiger partial charge in [-0.25, -0.2) is 9.97 Å². The van der Waals surface area contributed by atoms with E-state index in [1.165, 1.54) is 5.56 Å². The van der Waals surface area contributed by atoms with Gasteiger partial charge in [-0.1, -0.05) is 0 Å². The highest BCUT2D eigenvalue weighted by molar-refractivity contribution is 5.76. The van der Waals surface area contributed by atoms with Crippen LogP contribution in [0.25, 0.3) is 11.2 Å². The number of aromatic amines is 1. The Kier molecular flexibility index (Phi) is 3.35. The minimum Gasteiger partial charge on any atom is -0.480 e. The van der Waals surface area contributed by atoms with Crippen molar-refractivity contribution in [3.05, 3.63) is 18.0 Å². The second-order valence-corrected chi connectivity index (χ2v) is 4.95. The molecule has 1 aliphatic heterocycles. The molecule has 1 fully saturated rings. The molecule has 1 atom stereocenters. The molecule has 3 rings (SSSR count). The molecule has 0 amide bonds. The van der Waals surface area contributed by atoms with Crippen LogP contribution >= 0.6 is 0 Å². The van der Waals surface area contributed by atoms with Gasteiger partial charge in [0.05, 0.1) is 13.3 Å². The molecular weight excluding hydrogens is 242 g/mol. The lowest BCUT2D eigenvalue weighted by Crippen LogP contribution is -2.25. The van der Waals surface area contributed by atoms with E-state index in [0.717, 1.165) is 37.2 Å². The fourth-order valence-corrected chi connectivity index (χ4v) is 2.52. The van der Waals surface area contributed by atoms with Crippen molar-refractivity contribution < 1.29 is 4.74 Å². The first-order valence-corrected chi connectivity index (χ1v) is 6.58. The van der Waals surface area contributed by atoms with Crippen molar-refractivity contribution in [3.63, 3.8) is 0 Å². The summed E-state index contributed by atoms with van der Waals surface area (Å²) in [4.78, 5) is 14.4. The van der Waals surface area contributed by atoms with Crippen LogP contribution in [0, 0.1) is 0 Å². The van der Waals surface area contributed by atoms with E-state index in [9.17, 15) is 0 Å². The Labute approximate surface area is 112 Å². The first-order chi connectivity index (χ1) is 9.28. The second-order valence-electron chi connectivity index (χ2n) is 4.95. The molecule has 1 unspecified atom stereocenters. The molecule has 6 nitrogen and oxygen atoms in total. The molecule has 1 aliphatic rings. The highest BCUT2D eigenvalue weighted by Gasteiger charge is 2.20. The van der Waals surface area contributed by atoms with Crippen LogP contribution in [0.4, 0.5) is 0 Å². The average molecular weight is 261 g/mol. The molecule has 2 N–H and O–H groups in total. The average Bonchev–Trinajstić information content (AvgIpc) is 2.73.